The Morgan fingerprint density at radius 2 is 2.39 bits per heavy atom. The number of fused-ring (bicyclic) bond motifs is 1. The molecule has 0 bridgehead atoms. The lowest BCUT2D eigenvalue weighted by atomic mass is 10.1. The third-order valence-electron chi connectivity index (χ3n) is 3.93. The molecule has 1 aliphatic rings. The van der Waals surface area contributed by atoms with Crippen molar-refractivity contribution in [3.05, 3.63) is 24.0 Å². The first kappa shape index (κ1) is 15.4. The van der Waals surface area contributed by atoms with E-state index in [2.05, 4.69) is 15.5 Å². The number of halogens is 1. The first-order chi connectivity index (χ1) is 11.0. The van der Waals surface area contributed by atoms with E-state index in [0.717, 1.165) is 0 Å². The van der Waals surface area contributed by atoms with Crippen LogP contribution in [0, 0.1) is 11.7 Å². The van der Waals surface area contributed by atoms with Crippen LogP contribution in [0.2, 0.25) is 0 Å². The van der Waals surface area contributed by atoms with Gasteiger partial charge >= 0.3 is 0 Å². The molecule has 0 aliphatic carbocycles. The predicted molar refractivity (Wildman–Crippen MR) is 81.2 cm³/mol. The Morgan fingerprint density at radius 3 is 3.13 bits per heavy atom. The minimum absolute atomic E-state index is 0.0345. The Bertz CT molecular complexity index is 760. The van der Waals surface area contributed by atoms with E-state index in [1.807, 2.05) is 0 Å². The van der Waals surface area contributed by atoms with Gasteiger partial charge < -0.3 is 10.4 Å². The van der Waals surface area contributed by atoms with Gasteiger partial charge in [-0.2, -0.15) is 5.10 Å². The number of aliphatic hydroxyl groups is 1. The van der Waals surface area contributed by atoms with Crippen molar-refractivity contribution in [2.24, 2.45) is 5.92 Å². The number of carbonyl (C=O) groups excluding carboxylic acids is 2. The maximum Gasteiger partial charge on any atom is 0.229 e. The molecule has 1 aliphatic heterocycles. The average molecular weight is 320 g/mol. The Balaban J connectivity index is 1.84. The molecular formula is C15H17FN4O3. The molecule has 3 N–H and O–H groups in total. The molecule has 2 aromatic rings. The molecule has 8 heteroatoms. The van der Waals surface area contributed by atoms with E-state index >= 15 is 0 Å². The quantitative estimate of drug-likeness (QED) is 0.766. The summed E-state index contributed by atoms with van der Waals surface area (Å²) in [6, 6.07) is 4.14. The molecule has 2 unspecified atom stereocenters. The molecule has 7 nitrogen and oxygen atoms in total. The molecule has 1 aromatic heterocycles. The number of aromatic nitrogens is 2. The number of carbonyl (C=O) groups is 2. The zero-order valence-corrected chi connectivity index (χ0v) is 12.5. The van der Waals surface area contributed by atoms with E-state index in [1.165, 1.54) is 11.0 Å². The molecular weight excluding hydrogens is 303 g/mol. The minimum Gasteiger partial charge on any atom is -0.394 e. The molecule has 23 heavy (non-hydrogen) atoms. The summed E-state index contributed by atoms with van der Waals surface area (Å²) in [6.07, 6.45) is 0.0345. The Morgan fingerprint density at radius 1 is 1.61 bits per heavy atom. The number of hydrogen-bond acceptors (Lipinski definition) is 4. The summed E-state index contributed by atoms with van der Waals surface area (Å²) >= 11 is 0. The van der Waals surface area contributed by atoms with Crippen LogP contribution in [0.1, 0.15) is 13.3 Å². The smallest absolute Gasteiger partial charge is 0.229 e. The van der Waals surface area contributed by atoms with Crippen LogP contribution in [0.15, 0.2) is 18.2 Å². The van der Waals surface area contributed by atoms with Gasteiger partial charge in [0.05, 0.1) is 23.4 Å². The van der Waals surface area contributed by atoms with Crippen molar-refractivity contribution in [1.82, 2.24) is 15.5 Å². The van der Waals surface area contributed by atoms with Crippen LogP contribution >= 0.6 is 0 Å². The van der Waals surface area contributed by atoms with E-state index in [1.54, 1.807) is 19.1 Å². The summed E-state index contributed by atoms with van der Waals surface area (Å²) in [4.78, 5) is 25.6. The van der Waals surface area contributed by atoms with Crippen molar-refractivity contribution in [1.29, 1.82) is 0 Å². The number of rotatable bonds is 4. The molecule has 1 aromatic carbocycles. The third kappa shape index (κ3) is 2.77. The molecule has 2 heterocycles. The topological polar surface area (TPSA) is 98.3 Å². The van der Waals surface area contributed by atoms with Crippen LogP contribution in [0.25, 0.3) is 10.9 Å². The molecule has 3 rings (SSSR count). The van der Waals surface area contributed by atoms with Crippen molar-refractivity contribution in [3.8, 4) is 0 Å². The van der Waals surface area contributed by atoms with Crippen molar-refractivity contribution in [2.45, 2.75) is 19.4 Å². The van der Waals surface area contributed by atoms with E-state index in [-0.39, 0.29) is 48.6 Å². The molecule has 122 valence electrons. The minimum atomic E-state index is -0.546. The maximum absolute atomic E-state index is 14.0. The maximum atomic E-state index is 14.0. The van der Waals surface area contributed by atoms with Gasteiger partial charge in [-0.3, -0.25) is 19.6 Å². The van der Waals surface area contributed by atoms with Crippen molar-refractivity contribution in [3.63, 3.8) is 0 Å². The van der Waals surface area contributed by atoms with Gasteiger partial charge in [-0.15, -0.1) is 0 Å². The van der Waals surface area contributed by atoms with Gasteiger partial charge in [0.1, 0.15) is 5.82 Å². The van der Waals surface area contributed by atoms with Gasteiger partial charge in [0.15, 0.2) is 5.82 Å². The number of nitrogens with zero attached hydrogens (tertiary/aromatic N) is 2. The second-order valence-corrected chi connectivity index (χ2v) is 5.71. The van der Waals surface area contributed by atoms with Crippen LogP contribution in [0.4, 0.5) is 10.2 Å². The monoisotopic (exact) mass is 320 g/mol. The molecule has 1 fully saturated rings. The fraction of sp³-hybridized carbons (Fsp3) is 0.400. The van der Waals surface area contributed by atoms with Gasteiger partial charge in [0.25, 0.3) is 0 Å². The molecule has 1 saturated heterocycles. The largest absolute Gasteiger partial charge is 0.394 e. The molecule has 2 atom stereocenters. The van der Waals surface area contributed by atoms with Gasteiger partial charge in [0, 0.05) is 19.0 Å². The fourth-order valence-electron chi connectivity index (χ4n) is 2.70. The van der Waals surface area contributed by atoms with E-state index in [4.69, 9.17) is 5.11 Å². The summed E-state index contributed by atoms with van der Waals surface area (Å²) in [6.45, 7) is 1.63. The van der Waals surface area contributed by atoms with Gasteiger partial charge in [-0.25, -0.2) is 4.39 Å². The first-order valence-electron chi connectivity index (χ1n) is 7.35. The summed E-state index contributed by atoms with van der Waals surface area (Å²) in [5.74, 6) is -1.40. The summed E-state index contributed by atoms with van der Waals surface area (Å²) in [5, 5.41) is 18.6. The number of hydrogen-bond donors (Lipinski definition) is 3. The number of aromatic amines is 1. The Hall–Kier alpha value is -2.48. The van der Waals surface area contributed by atoms with Crippen LogP contribution in [-0.2, 0) is 9.59 Å². The molecule has 0 radical (unpaired) electrons. The van der Waals surface area contributed by atoms with Gasteiger partial charge in [-0.05, 0) is 19.1 Å². The molecule has 0 spiro atoms. The van der Waals surface area contributed by atoms with Crippen molar-refractivity contribution < 1.29 is 19.1 Å². The van der Waals surface area contributed by atoms with Gasteiger partial charge in [-0.1, -0.05) is 6.07 Å². The zero-order valence-electron chi connectivity index (χ0n) is 12.5. The Labute approximate surface area is 131 Å². The highest BCUT2D eigenvalue weighted by molar-refractivity contribution is 6.05. The average Bonchev–Trinajstić information content (AvgIpc) is 3.11. The Kier molecular flexibility index (Phi) is 3.99. The number of amides is 2. The van der Waals surface area contributed by atoms with Crippen molar-refractivity contribution >= 4 is 28.5 Å². The molecule has 2 amide bonds. The van der Waals surface area contributed by atoms with Crippen LogP contribution < -0.4 is 10.2 Å². The lowest BCUT2D eigenvalue weighted by Gasteiger charge is -2.16. The highest BCUT2D eigenvalue weighted by Gasteiger charge is 2.37. The predicted octanol–water partition coefficient (Wildman–Crippen LogP) is 0.552. The van der Waals surface area contributed by atoms with Gasteiger partial charge in [0.2, 0.25) is 11.8 Å². The fourth-order valence-corrected chi connectivity index (χ4v) is 2.70. The summed E-state index contributed by atoms with van der Waals surface area (Å²) in [7, 11) is 0. The number of aliphatic hydroxyl groups excluding tert-OH is 1. The SMILES string of the molecule is CC(CO)NC(=O)C1CC(=O)N(c2n[nH]c3cccc(F)c23)C1. The highest BCUT2D eigenvalue weighted by atomic mass is 19.1. The van der Waals surface area contributed by atoms with Crippen molar-refractivity contribution in [2.75, 3.05) is 18.1 Å². The standard InChI is InChI=1S/C15H17FN4O3/c1-8(7-21)17-15(23)9-5-12(22)20(6-9)14-13-10(16)3-2-4-11(13)18-19-14/h2-4,8-9,21H,5-7H2,1H3,(H,17,23)(H,18,19). The van der Waals surface area contributed by atoms with E-state index in [0.29, 0.717) is 5.52 Å². The number of anilines is 1. The van der Waals surface area contributed by atoms with Crippen LogP contribution in [-0.4, -0.2) is 46.3 Å². The van der Waals surface area contributed by atoms with Crippen LogP contribution in [0.5, 0.6) is 0 Å². The number of nitrogens with one attached hydrogen (secondary N) is 2. The van der Waals surface area contributed by atoms with E-state index in [9.17, 15) is 14.0 Å². The zero-order chi connectivity index (χ0) is 16.6. The number of H-pyrrole nitrogens is 1. The lowest BCUT2D eigenvalue weighted by molar-refractivity contribution is -0.127. The third-order valence-corrected chi connectivity index (χ3v) is 3.93. The van der Waals surface area contributed by atoms with E-state index < -0.39 is 11.7 Å². The summed E-state index contributed by atoms with van der Waals surface area (Å²) in [5.41, 5.74) is 0.495. The summed E-state index contributed by atoms with van der Waals surface area (Å²) < 4.78 is 14.0. The lowest BCUT2D eigenvalue weighted by Crippen LogP contribution is -2.40. The second kappa shape index (κ2) is 5.96. The highest BCUT2D eigenvalue weighted by Crippen LogP contribution is 2.31. The number of benzene rings is 1. The first-order valence-corrected chi connectivity index (χ1v) is 7.35. The molecule has 0 saturated carbocycles. The normalized spacial score (nSPS) is 19.3. The van der Waals surface area contributed by atoms with Crippen LogP contribution in [0.3, 0.4) is 0 Å². The second-order valence-electron chi connectivity index (χ2n) is 5.71.